The van der Waals surface area contributed by atoms with Crippen molar-refractivity contribution in [2.75, 3.05) is 31.8 Å². The van der Waals surface area contributed by atoms with Crippen LogP contribution in [-0.2, 0) is 9.53 Å². The number of unbranched alkanes of at least 4 members (excludes halogenated alkanes) is 1. The topological polar surface area (TPSA) is 42.7 Å². The van der Waals surface area contributed by atoms with Gasteiger partial charge >= 0.3 is 0 Å². The van der Waals surface area contributed by atoms with E-state index >= 15 is 0 Å². The van der Waals surface area contributed by atoms with Gasteiger partial charge in [-0.05, 0) is 31.9 Å². The molecule has 5 heteroatoms. The van der Waals surface area contributed by atoms with Crippen LogP contribution in [-0.4, -0.2) is 42.6 Å². The van der Waals surface area contributed by atoms with Crippen LogP contribution in [0.2, 0.25) is 0 Å². The van der Waals surface area contributed by atoms with Crippen LogP contribution in [0, 0.1) is 6.92 Å². The molecule has 0 aromatic carbocycles. The second kappa shape index (κ2) is 7.74. The second-order valence-corrected chi connectivity index (χ2v) is 6.23. The predicted molar refractivity (Wildman–Crippen MR) is 81.0 cm³/mol. The van der Waals surface area contributed by atoms with Crippen LogP contribution in [0.3, 0.4) is 0 Å². The second-order valence-electron chi connectivity index (χ2n) is 5.08. The monoisotopic (exact) mass is 297 g/mol. The minimum Gasteiger partial charge on any atom is -0.464 e. The van der Waals surface area contributed by atoms with E-state index in [0.717, 1.165) is 49.0 Å². The van der Waals surface area contributed by atoms with Gasteiger partial charge in [0.15, 0.2) is 0 Å². The molecule has 1 unspecified atom stereocenters. The molecule has 0 radical (unpaired) electrons. The Morgan fingerprint density at radius 1 is 1.50 bits per heavy atom. The number of hydrogen-bond donors (Lipinski definition) is 0. The Labute approximate surface area is 124 Å². The van der Waals surface area contributed by atoms with Gasteiger partial charge < -0.3 is 14.1 Å². The number of thioether (sulfide) groups is 1. The summed E-state index contributed by atoms with van der Waals surface area (Å²) < 4.78 is 10.7. The number of furan rings is 1. The average molecular weight is 297 g/mol. The number of nitrogens with zero attached hydrogens (tertiary/aromatic N) is 1. The first-order chi connectivity index (χ1) is 9.72. The van der Waals surface area contributed by atoms with Gasteiger partial charge in [-0.25, -0.2) is 0 Å². The SMILES string of the molecule is COCCCCC(=O)N1CCSCC1c1ccc(C)o1. The van der Waals surface area contributed by atoms with Gasteiger partial charge in [-0.2, -0.15) is 11.8 Å². The van der Waals surface area contributed by atoms with Crippen molar-refractivity contribution in [2.24, 2.45) is 0 Å². The molecule has 0 aliphatic carbocycles. The lowest BCUT2D eigenvalue weighted by atomic mass is 10.1. The van der Waals surface area contributed by atoms with Crippen molar-refractivity contribution in [1.29, 1.82) is 0 Å². The van der Waals surface area contributed by atoms with Gasteiger partial charge in [0.2, 0.25) is 5.91 Å². The Morgan fingerprint density at radius 2 is 2.35 bits per heavy atom. The van der Waals surface area contributed by atoms with E-state index in [2.05, 4.69) is 0 Å². The van der Waals surface area contributed by atoms with Crippen LogP contribution >= 0.6 is 11.8 Å². The molecule has 20 heavy (non-hydrogen) atoms. The van der Waals surface area contributed by atoms with Crippen molar-refractivity contribution in [3.8, 4) is 0 Å². The predicted octanol–water partition coefficient (Wildman–Crippen LogP) is 3.02. The molecular formula is C15H23NO3S. The van der Waals surface area contributed by atoms with Crippen molar-refractivity contribution in [1.82, 2.24) is 4.90 Å². The van der Waals surface area contributed by atoms with E-state index in [1.54, 1.807) is 7.11 Å². The van der Waals surface area contributed by atoms with Crippen LogP contribution in [0.15, 0.2) is 16.5 Å². The number of ether oxygens (including phenoxy) is 1. The van der Waals surface area contributed by atoms with Crippen molar-refractivity contribution < 1.29 is 13.9 Å². The number of carbonyl (C=O) groups is 1. The number of aryl methyl sites for hydroxylation is 1. The van der Waals surface area contributed by atoms with E-state index < -0.39 is 0 Å². The molecule has 1 aliphatic heterocycles. The molecule has 1 atom stereocenters. The summed E-state index contributed by atoms with van der Waals surface area (Å²) >= 11 is 1.89. The molecule has 0 saturated carbocycles. The summed E-state index contributed by atoms with van der Waals surface area (Å²) in [6.45, 7) is 3.48. The van der Waals surface area contributed by atoms with Gasteiger partial charge in [-0.3, -0.25) is 4.79 Å². The van der Waals surface area contributed by atoms with E-state index in [9.17, 15) is 4.79 Å². The van der Waals surface area contributed by atoms with E-state index in [1.165, 1.54) is 0 Å². The third-order valence-electron chi connectivity index (χ3n) is 3.53. The molecule has 0 spiro atoms. The summed E-state index contributed by atoms with van der Waals surface area (Å²) in [6, 6.07) is 4.06. The van der Waals surface area contributed by atoms with Crippen molar-refractivity contribution in [2.45, 2.75) is 32.2 Å². The quantitative estimate of drug-likeness (QED) is 0.757. The van der Waals surface area contributed by atoms with Crippen LogP contribution in [0.1, 0.15) is 36.8 Å². The van der Waals surface area contributed by atoms with Crippen molar-refractivity contribution in [3.05, 3.63) is 23.7 Å². The standard InChI is InChI=1S/C15H23NO3S/c1-12-6-7-14(19-12)13-11-20-10-8-16(13)15(17)5-3-4-9-18-2/h6-7,13H,3-5,8-11H2,1-2H3. The Hall–Kier alpha value is -0.940. The fraction of sp³-hybridized carbons (Fsp3) is 0.667. The zero-order valence-corrected chi connectivity index (χ0v) is 13.1. The van der Waals surface area contributed by atoms with Gasteiger partial charge in [0.05, 0.1) is 6.04 Å². The summed E-state index contributed by atoms with van der Waals surface area (Å²) in [6.07, 6.45) is 2.43. The molecule has 2 rings (SSSR count). The number of methoxy groups -OCH3 is 1. The lowest BCUT2D eigenvalue weighted by molar-refractivity contribution is -0.133. The Kier molecular flexibility index (Phi) is 5.98. The maximum atomic E-state index is 12.4. The molecule has 2 heterocycles. The largest absolute Gasteiger partial charge is 0.464 e. The molecule has 1 fully saturated rings. The third kappa shape index (κ3) is 4.03. The molecule has 112 valence electrons. The minimum atomic E-state index is 0.0948. The van der Waals surface area contributed by atoms with Crippen molar-refractivity contribution in [3.63, 3.8) is 0 Å². The lowest BCUT2D eigenvalue weighted by Crippen LogP contribution is -2.40. The molecule has 1 amide bonds. The van der Waals surface area contributed by atoms with E-state index in [0.29, 0.717) is 6.42 Å². The maximum absolute atomic E-state index is 12.4. The number of carbonyl (C=O) groups excluding carboxylic acids is 1. The van der Waals surface area contributed by atoms with E-state index in [-0.39, 0.29) is 11.9 Å². The Morgan fingerprint density at radius 3 is 3.05 bits per heavy atom. The van der Waals surface area contributed by atoms with Crippen LogP contribution in [0.4, 0.5) is 0 Å². The molecular weight excluding hydrogens is 274 g/mol. The zero-order valence-electron chi connectivity index (χ0n) is 12.3. The van der Waals surface area contributed by atoms with Crippen LogP contribution in [0.25, 0.3) is 0 Å². The molecule has 1 saturated heterocycles. The summed E-state index contributed by atoms with van der Waals surface area (Å²) in [5.41, 5.74) is 0. The third-order valence-corrected chi connectivity index (χ3v) is 4.55. The maximum Gasteiger partial charge on any atom is 0.223 e. The highest BCUT2D eigenvalue weighted by Gasteiger charge is 2.29. The fourth-order valence-corrected chi connectivity index (χ4v) is 3.50. The normalized spacial score (nSPS) is 19.3. The fourth-order valence-electron chi connectivity index (χ4n) is 2.44. The van der Waals surface area contributed by atoms with Crippen LogP contribution in [0.5, 0.6) is 0 Å². The molecule has 1 aromatic rings. The number of rotatable bonds is 6. The summed E-state index contributed by atoms with van der Waals surface area (Å²) in [4.78, 5) is 14.4. The first-order valence-electron chi connectivity index (χ1n) is 7.15. The lowest BCUT2D eigenvalue weighted by Gasteiger charge is -2.34. The smallest absolute Gasteiger partial charge is 0.223 e. The number of hydrogen-bond acceptors (Lipinski definition) is 4. The zero-order chi connectivity index (χ0) is 14.4. The molecule has 1 aliphatic rings. The average Bonchev–Trinajstić information content (AvgIpc) is 2.90. The molecule has 0 bridgehead atoms. The Bertz CT molecular complexity index is 433. The first-order valence-corrected chi connectivity index (χ1v) is 8.30. The summed E-state index contributed by atoms with van der Waals surface area (Å²) in [5, 5.41) is 0. The van der Waals surface area contributed by atoms with E-state index in [1.807, 2.05) is 35.7 Å². The Balaban J connectivity index is 1.94. The van der Waals surface area contributed by atoms with Gasteiger partial charge in [-0.15, -0.1) is 0 Å². The van der Waals surface area contributed by atoms with E-state index in [4.69, 9.17) is 9.15 Å². The van der Waals surface area contributed by atoms with Gasteiger partial charge in [-0.1, -0.05) is 0 Å². The summed E-state index contributed by atoms with van der Waals surface area (Å²) in [7, 11) is 1.69. The highest BCUT2D eigenvalue weighted by molar-refractivity contribution is 7.99. The van der Waals surface area contributed by atoms with Gasteiger partial charge in [0, 0.05) is 38.2 Å². The molecule has 0 N–H and O–H groups in total. The van der Waals surface area contributed by atoms with Crippen LogP contribution < -0.4 is 0 Å². The first kappa shape index (κ1) is 15.4. The highest BCUT2D eigenvalue weighted by atomic mass is 32.2. The summed E-state index contributed by atoms with van der Waals surface area (Å²) in [5.74, 6) is 4.00. The van der Waals surface area contributed by atoms with Gasteiger partial charge in [0.25, 0.3) is 0 Å². The molecule has 1 aromatic heterocycles. The number of amides is 1. The molecule has 4 nitrogen and oxygen atoms in total. The minimum absolute atomic E-state index is 0.0948. The highest BCUT2D eigenvalue weighted by Crippen LogP contribution is 2.31. The van der Waals surface area contributed by atoms with Crippen molar-refractivity contribution >= 4 is 17.7 Å². The van der Waals surface area contributed by atoms with Gasteiger partial charge in [0.1, 0.15) is 11.5 Å².